The van der Waals surface area contributed by atoms with Crippen molar-refractivity contribution in [1.82, 2.24) is 20.5 Å². The summed E-state index contributed by atoms with van der Waals surface area (Å²) in [5.74, 6) is 1.62. The molecule has 2 N–H and O–H groups in total. The lowest BCUT2D eigenvalue weighted by molar-refractivity contribution is -0.121. The van der Waals surface area contributed by atoms with E-state index in [4.69, 9.17) is 4.74 Å². The number of amides is 1. The summed E-state index contributed by atoms with van der Waals surface area (Å²) in [6, 6.07) is 6.03. The van der Waals surface area contributed by atoms with Crippen LogP contribution in [0.1, 0.15) is 49.7 Å². The molecule has 0 saturated carbocycles. The third-order valence-corrected chi connectivity index (χ3v) is 3.63. The third-order valence-electron chi connectivity index (χ3n) is 3.63. The molecule has 0 radical (unpaired) electrons. The smallest absolute Gasteiger partial charge is 0.220 e. The summed E-state index contributed by atoms with van der Waals surface area (Å²) in [5.41, 5.74) is 2.36. The van der Waals surface area contributed by atoms with E-state index in [-0.39, 0.29) is 11.9 Å². The lowest BCUT2D eigenvalue weighted by Crippen LogP contribution is -2.27. The molecule has 2 aromatic rings. The van der Waals surface area contributed by atoms with Crippen LogP contribution in [0.2, 0.25) is 0 Å². The average molecular weight is 316 g/mol. The van der Waals surface area contributed by atoms with Crippen molar-refractivity contribution in [3.8, 4) is 5.75 Å². The molecule has 0 saturated heterocycles. The molecule has 0 spiro atoms. The lowest BCUT2D eigenvalue weighted by Gasteiger charge is -2.11. The minimum Gasteiger partial charge on any atom is -0.494 e. The standard InChI is InChI=1S/C17H24N4O2/c1-4-23-15-9-8-14(10-12(15)2)6-5-7-16(22)20-13(3)17-18-11-19-21-17/h8-11,13H,4-7H2,1-3H3,(H,20,22)(H,18,19,21)/t13-/m1/s1. The third kappa shape index (κ3) is 5.09. The molecule has 1 atom stereocenters. The van der Waals surface area contributed by atoms with Crippen LogP contribution in [-0.2, 0) is 11.2 Å². The quantitative estimate of drug-likeness (QED) is 0.785. The Morgan fingerprint density at radius 2 is 2.26 bits per heavy atom. The molecule has 1 aromatic carbocycles. The van der Waals surface area contributed by atoms with Gasteiger partial charge in [-0.3, -0.25) is 9.89 Å². The molecule has 2 rings (SSSR count). The lowest BCUT2D eigenvalue weighted by atomic mass is 10.0. The first-order valence-corrected chi connectivity index (χ1v) is 7.97. The van der Waals surface area contributed by atoms with Gasteiger partial charge in [0.15, 0.2) is 0 Å². The number of ether oxygens (including phenoxy) is 1. The Kier molecular flexibility index (Phi) is 6.14. The second kappa shape index (κ2) is 8.31. The van der Waals surface area contributed by atoms with Gasteiger partial charge in [-0.1, -0.05) is 12.1 Å². The van der Waals surface area contributed by atoms with Crippen LogP contribution < -0.4 is 10.1 Å². The Labute approximate surface area is 136 Å². The number of nitrogens with one attached hydrogen (secondary N) is 2. The van der Waals surface area contributed by atoms with Crippen LogP contribution >= 0.6 is 0 Å². The monoisotopic (exact) mass is 316 g/mol. The number of benzene rings is 1. The highest BCUT2D eigenvalue weighted by atomic mass is 16.5. The van der Waals surface area contributed by atoms with Gasteiger partial charge in [-0.15, -0.1) is 0 Å². The van der Waals surface area contributed by atoms with Crippen molar-refractivity contribution >= 4 is 5.91 Å². The van der Waals surface area contributed by atoms with Crippen molar-refractivity contribution in [2.24, 2.45) is 0 Å². The van der Waals surface area contributed by atoms with Crippen molar-refractivity contribution in [2.75, 3.05) is 6.61 Å². The molecule has 0 aliphatic heterocycles. The number of H-pyrrole nitrogens is 1. The Morgan fingerprint density at radius 1 is 1.43 bits per heavy atom. The number of hydrogen-bond donors (Lipinski definition) is 2. The van der Waals surface area contributed by atoms with Gasteiger partial charge in [0.05, 0.1) is 12.6 Å². The highest BCUT2D eigenvalue weighted by Gasteiger charge is 2.11. The number of hydrogen-bond acceptors (Lipinski definition) is 4. The Bertz CT molecular complexity index is 626. The van der Waals surface area contributed by atoms with Crippen LogP contribution in [0.3, 0.4) is 0 Å². The summed E-state index contributed by atoms with van der Waals surface area (Å²) in [4.78, 5) is 16.0. The van der Waals surface area contributed by atoms with Crippen molar-refractivity contribution in [3.63, 3.8) is 0 Å². The predicted molar refractivity (Wildman–Crippen MR) is 88.2 cm³/mol. The largest absolute Gasteiger partial charge is 0.494 e. The molecule has 0 aliphatic carbocycles. The normalized spacial score (nSPS) is 12.0. The van der Waals surface area contributed by atoms with E-state index in [1.165, 1.54) is 11.9 Å². The van der Waals surface area contributed by atoms with E-state index in [0.717, 1.165) is 24.2 Å². The van der Waals surface area contributed by atoms with Gasteiger partial charge < -0.3 is 10.1 Å². The molecule has 6 heteroatoms. The molecule has 0 unspecified atom stereocenters. The average Bonchev–Trinajstić information content (AvgIpc) is 3.04. The minimum atomic E-state index is -0.155. The first kappa shape index (κ1) is 17.0. The molecular weight excluding hydrogens is 292 g/mol. The van der Waals surface area contributed by atoms with Crippen molar-refractivity contribution in [1.29, 1.82) is 0 Å². The minimum absolute atomic E-state index is 0.0246. The van der Waals surface area contributed by atoms with E-state index in [2.05, 4.69) is 32.6 Å². The molecule has 6 nitrogen and oxygen atoms in total. The van der Waals surface area contributed by atoms with Crippen LogP contribution in [0.5, 0.6) is 5.75 Å². The number of nitrogens with zero attached hydrogens (tertiary/aromatic N) is 2. The van der Waals surface area contributed by atoms with Gasteiger partial charge >= 0.3 is 0 Å². The number of aromatic amines is 1. The molecule has 124 valence electrons. The van der Waals surface area contributed by atoms with Gasteiger partial charge in [-0.25, -0.2) is 4.98 Å². The molecule has 1 aromatic heterocycles. The van der Waals surface area contributed by atoms with E-state index >= 15 is 0 Å². The molecule has 23 heavy (non-hydrogen) atoms. The number of carbonyl (C=O) groups excluding carboxylic acids is 1. The fraction of sp³-hybridized carbons (Fsp3) is 0.471. The number of aryl methyl sites for hydroxylation is 2. The maximum absolute atomic E-state index is 12.0. The van der Waals surface area contributed by atoms with Gasteiger partial charge in [0, 0.05) is 6.42 Å². The second-order valence-corrected chi connectivity index (χ2v) is 5.55. The number of carbonyl (C=O) groups is 1. The highest BCUT2D eigenvalue weighted by Crippen LogP contribution is 2.20. The van der Waals surface area contributed by atoms with Crippen LogP contribution in [-0.4, -0.2) is 27.7 Å². The molecule has 1 amide bonds. The number of rotatable bonds is 8. The summed E-state index contributed by atoms with van der Waals surface area (Å²) < 4.78 is 5.54. The fourth-order valence-corrected chi connectivity index (χ4v) is 2.44. The van der Waals surface area contributed by atoms with Crippen molar-refractivity contribution < 1.29 is 9.53 Å². The van der Waals surface area contributed by atoms with Crippen LogP contribution in [0, 0.1) is 6.92 Å². The molecule has 0 aliphatic rings. The van der Waals surface area contributed by atoms with Crippen molar-refractivity contribution in [3.05, 3.63) is 41.5 Å². The topological polar surface area (TPSA) is 79.9 Å². The van der Waals surface area contributed by atoms with Gasteiger partial charge in [0.2, 0.25) is 5.91 Å². The van der Waals surface area contributed by atoms with Gasteiger partial charge in [0.1, 0.15) is 17.9 Å². The van der Waals surface area contributed by atoms with E-state index in [0.29, 0.717) is 18.9 Å². The van der Waals surface area contributed by atoms with Gasteiger partial charge in [-0.05, 0) is 50.8 Å². The summed E-state index contributed by atoms with van der Waals surface area (Å²) >= 11 is 0. The SMILES string of the molecule is CCOc1ccc(CCCC(=O)N[C@H](C)c2ncn[nH]2)cc1C. The Hall–Kier alpha value is -2.37. The molecule has 1 heterocycles. The molecular formula is C17H24N4O2. The maximum Gasteiger partial charge on any atom is 0.220 e. The van der Waals surface area contributed by atoms with Crippen molar-refractivity contribution in [2.45, 2.75) is 46.1 Å². The Morgan fingerprint density at radius 3 is 2.91 bits per heavy atom. The van der Waals surface area contributed by atoms with Crippen LogP contribution in [0.4, 0.5) is 0 Å². The zero-order valence-electron chi connectivity index (χ0n) is 13.9. The highest BCUT2D eigenvalue weighted by molar-refractivity contribution is 5.76. The molecule has 0 fully saturated rings. The zero-order valence-corrected chi connectivity index (χ0v) is 13.9. The van der Waals surface area contributed by atoms with Gasteiger partial charge in [0.25, 0.3) is 0 Å². The van der Waals surface area contributed by atoms with Gasteiger partial charge in [-0.2, -0.15) is 5.10 Å². The van der Waals surface area contributed by atoms with Crippen LogP contribution in [0.15, 0.2) is 24.5 Å². The van der Waals surface area contributed by atoms with E-state index in [1.807, 2.05) is 26.8 Å². The Balaban J connectivity index is 1.76. The molecule has 0 bridgehead atoms. The zero-order chi connectivity index (χ0) is 16.7. The predicted octanol–water partition coefficient (Wildman–Crippen LogP) is 2.71. The summed E-state index contributed by atoms with van der Waals surface area (Å²) in [6.45, 7) is 6.57. The fourth-order valence-electron chi connectivity index (χ4n) is 2.44. The van der Waals surface area contributed by atoms with E-state index < -0.39 is 0 Å². The van der Waals surface area contributed by atoms with E-state index in [9.17, 15) is 4.79 Å². The van der Waals surface area contributed by atoms with Crippen LogP contribution in [0.25, 0.3) is 0 Å². The van der Waals surface area contributed by atoms with E-state index in [1.54, 1.807) is 0 Å². The first-order chi connectivity index (χ1) is 11.1. The summed E-state index contributed by atoms with van der Waals surface area (Å²) in [7, 11) is 0. The summed E-state index contributed by atoms with van der Waals surface area (Å²) in [5, 5.41) is 9.45. The maximum atomic E-state index is 12.0. The summed E-state index contributed by atoms with van der Waals surface area (Å²) in [6.07, 6.45) is 3.61. The number of aromatic nitrogens is 3. The first-order valence-electron chi connectivity index (χ1n) is 7.97. The second-order valence-electron chi connectivity index (χ2n) is 5.55.